The Hall–Kier alpha value is -2.14. The van der Waals surface area contributed by atoms with Crippen molar-refractivity contribution in [1.29, 1.82) is 0 Å². The summed E-state index contributed by atoms with van der Waals surface area (Å²) in [5.74, 6) is 1.05. The molecule has 0 N–H and O–H groups in total. The van der Waals surface area contributed by atoms with E-state index in [1.54, 1.807) is 17.4 Å². The van der Waals surface area contributed by atoms with E-state index < -0.39 is 0 Å². The van der Waals surface area contributed by atoms with Gasteiger partial charge < -0.3 is 9.64 Å². The lowest BCUT2D eigenvalue weighted by Crippen LogP contribution is -2.37. The zero-order valence-corrected chi connectivity index (χ0v) is 14.3. The zero-order valence-electron chi connectivity index (χ0n) is 13.5. The number of thiazole rings is 1. The number of hydrogen-bond acceptors (Lipinski definition) is 4. The number of nitrogens with zero attached hydrogens (tertiary/aromatic N) is 2. The maximum Gasteiger partial charge on any atom is 0.247 e. The number of fused-ring (bicyclic) bond motifs is 1. The Morgan fingerprint density at radius 3 is 3.21 bits per heavy atom. The van der Waals surface area contributed by atoms with E-state index >= 15 is 0 Å². The van der Waals surface area contributed by atoms with E-state index in [-0.39, 0.29) is 11.9 Å². The van der Waals surface area contributed by atoms with E-state index in [1.165, 1.54) is 5.56 Å². The number of aromatic nitrogens is 1. The van der Waals surface area contributed by atoms with Gasteiger partial charge in [0.25, 0.3) is 0 Å². The number of hydrogen-bond donors (Lipinski definition) is 0. The minimum atomic E-state index is 0.0756. The van der Waals surface area contributed by atoms with E-state index in [4.69, 9.17) is 4.74 Å². The Morgan fingerprint density at radius 2 is 2.33 bits per heavy atom. The van der Waals surface area contributed by atoms with Gasteiger partial charge in [-0.05, 0) is 48.6 Å². The highest BCUT2D eigenvalue weighted by Gasteiger charge is 2.28. The molecule has 0 saturated carbocycles. The van der Waals surface area contributed by atoms with E-state index in [2.05, 4.69) is 11.1 Å². The number of carbonyl (C=O) groups excluding carboxylic acids is 1. The molecule has 4 rings (SSSR count). The van der Waals surface area contributed by atoms with Gasteiger partial charge in [-0.2, -0.15) is 0 Å². The molecule has 5 heteroatoms. The first-order chi connectivity index (χ1) is 11.8. The summed E-state index contributed by atoms with van der Waals surface area (Å²) < 4.78 is 5.52. The van der Waals surface area contributed by atoms with Crippen molar-refractivity contribution in [3.8, 4) is 5.75 Å². The van der Waals surface area contributed by atoms with E-state index in [9.17, 15) is 4.79 Å². The number of ether oxygens (including phenoxy) is 1. The SMILES string of the molecule is O=C(C=Cc1ccc2c(c1)CCO2)N1CCCCC1c1nccs1. The molecular weight excluding hydrogens is 320 g/mol. The lowest BCUT2D eigenvalue weighted by Gasteiger charge is -2.33. The Balaban J connectivity index is 1.50. The molecule has 2 aliphatic rings. The summed E-state index contributed by atoms with van der Waals surface area (Å²) in [7, 11) is 0. The van der Waals surface area contributed by atoms with Crippen molar-refractivity contribution in [2.24, 2.45) is 0 Å². The van der Waals surface area contributed by atoms with Gasteiger partial charge in [-0.15, -0.1) is 11.3 Å². The number of likely N-dealkylation sites (tertiary alicyclic amines) is 1. The highest BCUT2D eigenvalue weighted by molar-refractivity contribution is 7.09. The predicted octanol–water partition coefficient (Wildman–Crippen LogP) is 3.85. The fourth-order valence-corrected chi connectivity index (χ4v) is 4.21. The number of benzene rings is 1. The van der Waals surface area contributed by atoms with Crippen LogP contribution in [0.25, 0.3) is 6.08 Å². The van der Waals surface area contributed by atoms with E-state index in [1.807, 2.05) is 34.7 Å². The third kappa shape index (κ3) is 3.08. The summed E-state index contributed by atoms with van der Waals surface area (Å²) in [6.45, 7) is 1.57. The van der Waals surface area contributed by atoms with Gasteiger partial charge in [0.05, 0.1) is 12.6 Å². The van der Waals surface area contributed by atoms with Crippen LogP contribution >= 0.6 is 11.3 Å². The van der Waals surface area contributed by atoms with Gasteiger partial charge in [-0.1, -0.05) is 6.07 Å². The first-order valence-electron chi connectivity index (χ1n) is 8.45. The molecule has 0 aliphatic carbocycles. The molecule has 0 spiro atoms. The maximum absolute atomic E-state index is 12.7. The zero-order chi connectivity index (χ0) is 16.4. The normalized spacial score (nSPS) is 20.2. The van der Waals surface area contributed by atoms with Crippen molar-refractivity contribution < 1.29 is 9.53 Å². The molecule has 0 bridgehead atoms. The molecule has 124 valence electrons. The topological polar surface area (TPSA) is 42.4 Å². The minimum absolute atomic E-state index is 0.0756. The van der Waals surface area contributed by atoms with Crippen LogP contribution in [0.1, 0.15) is 41.4 Å². The summed E-state index contributed by atoms with van der Waals surface area (Å²) in [4.78, 5) is 19.1. The van der Waals surface area contributed by atoms with E-state index in [0.717, 1.165) is 55.2 Å². The molecule has 4 nitrogen and oxygen atoms in total. The number of rotatable bonds is 3. The fourth-order valence-electron chi connectivity index (χ4n) is 3.42. The molecule has 1 unspecified atom stereocenters. The maximum atomic E-state index is 12.7. The van der Waals surface area contributed by atoms with Crippen molar-refractivity contribution in [2.75, 3.05) is 13.2 Å². The minimum Gasteiger partial charge on any atom is -0.493 e. The largest absolute Gasteiger partial charge is 0.493 e. The third-order valence-electron chi connectivity index (χ3n) is 4.65. The molecular formula is C19H20N2O2S. The van der Waals surface area contributed by atoms with Crippen molar-refractivity contribution in [2.45, 2.75) is 31.7 Å². The molecule has 1 amide bonds. The summed E-state index contributed by atoms with van der Waals surface area (Å²) in [6.07, 6.45) is 9.60. The van der Waals surface area contributed by atoms with Crippen LogP contribution < -0.4 is 4.74 Å². The second-order valence-electron chi connectivity index (χ2n) is 6.21. The average Bonchev–Trinajstić information content (AvgIpc) is 3.30. The third-order valence-corrected chi connectivity index (χ3v) is 5.53. The monoisotopic (exact) mass is 340 g/mol. The highest BCUT2D eigenvalue weighted by Crippen LogP contribution is 2.32. The van der Waals surface area contributed by atoms with Crippen LogP contribution in [0.5, 0.6) is 5.75 Å². The Bertz CT molecular complexity index is 755. The number of carbonyl (C=O) groups is 1. The number of amides is 1. The summed E-state index contributed by atoms with van der Waals surface area (Å²) >= 11 is 1.64. The Morgan fingerprint density at radius 1 is 1.38 bits per heavy atom. The first kappa shape index (κ1) is 15.4. The lowest BCUT2D eigenvalue weighted by molar-refractivity contribution is -0.129. The molecule has 1 aromatic heterocycles. The predicted molar refractivity (Wildman–Crippen MR) is 95.1 cm³/mol. The number of piperidine rings is 1. The lowest BCUT2D eigenvalue weighted by atomic mass is 10.0. The molecule has 0 radical (unpaired) electrons. The van der Waals surface area contributed by atoms with Gasteiger partial charge >= 0.3 is 0 Å². The fraction of sp³-hybridized carbons (Fsp3) is 0.368. The van der Waals surface area contributed by atoms with Crippen molar-refractivity contribution in [3.63, 3.8) is 0 Å². The standard InChI is InChI=1S/C19H20N2O2S/c22-18(7-5-14-4-6-17-15(13-14)8-11-23-17)21-10-2-1-3-16(21)19-20-9-12-24-19/h4-7,9,12-13,16H,1-3,8,10-11H2. The Kier molecular flexibility index (Phi) is 4.34. The van der Waals surface area contributed by atoms with Gasteiger partial charge in [-0.3, -0.25) is 4.79 Å². The van der Waals surface area contributed by atoms with Crippen LogP contribution in [0.2, 0.25) is 0 Å². The molecule has 1 atom stereocenters. The van der Waals surface area contributed by atoms with Crippen LogP contribution in [-0.4, -0.2) is 28.9 Å². The van der Waals surface area contributed by atoms with Crippen LogP contribution in [0.3, 0.4) is 0 Å². The molecule has 3 heterocycles. The summed E-state index contributed by atoms with van der Waals surface area (Å²) in [5, 5.41) is 3.03. The second-order valence-corrected chi connectivity index (χ2v) is 7.14. The Labute approximate surface area is 145 Å². The molecule has 24 heavy (non-hydrogen) atoms. The van der Waals surface area contributed by atoms with Gasteiger partial charge in [0.2, 0.25) is 5.91 Å². The van der Waals surface area contributed by atoms with Gasteiger partial charge in [0.15, 0.2) is 0 Å². The quantitative estimate of drug-likeness (QED) is 0.797. The van der Waals surface area contributed by atoms with E-state index in [0.29, 0.717) is 0 Å². The molecule has 2 aliphatic heterocycles. The van der Waals surface area contributed by atoms with Crippen LogP contribution in [-0.2, 0) is 11.2 Å². The van der Waals surface area contributed by atoms with Crippen molar-refractivity contribution >= 4 is 23.3 Å². The van der Waals surface area contributed by atoms with Crippen LogP contribution in [0.15, 0.2) is 35.9 Å². The second kappa shape index (κ2) is 6.77. The van der Waals surface area contributed by atoms with Crippen molar-refractivity contribution in [3.05, 3.63) is 52.0 Å². The molecule has 1 fully saturated rings. The van der Waals surface area contributed by atoms with Gasteiger partial charge in [-0.25, -0.2) is 4.98 Å². The van der Waals surface area contributed by atoms with Crippen molar-refractivity contribution in [1.82, 2.24) is 9.88 Å². The smallest absolute Gasteiger partial charge is 0.247 e. The summed E-state index contributed by atoms with van der Waals surface area (Å²) in [6, 6.07) is 6.23. The van der Waals surface area contributed by atoms with Crippen LogP contribution in [0, 0.1) is 0 Å². The summed E-state index contributed by atoms with van der Waals surface area (Å²) in [5.41, 5.74) is 2.28. The molecule has 2 aromatic rings. The van der Waals surface area contributed by atoms with Gasteiger partial charge in [0.1, 0.15) is 10.8 Å². The molecule has 1 saturated heterocycles. The van der Waals surface area contributed by atoms with Gasteiger partial charge in [0, 0.05) is 30.6 Å². The average molecular weight is 340 g/mol. The van der Waals surface area contributed by atoms with Crippen LogP contribution in [0.4, 0.5) is 0 Å². The molecule has 1 aromatic carbocycles. The first-order valence-corrected chi connectivity index (χ1v) is 9.33. The highest BCUT2D eigenvalue weighted by atomic mass is 32.1.